The molecular weight excluding hydrogens is 543 g/mol. The molecule has 0 unspecified atom stereocenters. The van der Waals surface area contributed by atoms with Crippen LogP contribution in [0.2, 0.25) is 0 Å². The second-order valence-corrected chi connectivity index (χ2v) is 11.8. The maximum atomic E-state index is 5.43. The van der Waals surface area contributed by atoms with Crippen molar-refractivity contribution in [2.24, 2.45) is 9.98 Å². The molecule has 0 aromatic heterocycles. The van der Waals surface area contributed by atoms with Crippen LogP contribution in [-0.2, 0) is 42.2 Å². The van der Waals surface area contributed by atoms with Crippen LogP contribution in [0.25, 0.3) is 0 Å². The first-order chi connectivity index (χ1) is 19.6. The Hall–Kier alpha value is -1.73. The van der Waals surface area contributed by atoms with E-state index in [1.165, 1.54) is 104 Å². The molecule has 0 aliphatic carbocycles. The number of aryl methyl sites for hydroxylation is 4. The van der Waals surface area contributed by atoms with Gasteiger partial charge in [0.2, 0.25) is 0 Å². The fourth-order valence-corrected chi connectivity index (χ4v) is 5.61. The molecule has 0 atom stereocenters. The third kappa shape index (κ3) is 14.8. The molecule has 0 saturated heterocycles. The number of rotatable bonds is 21. The quantitative estimate of drug-likeness (QED) is 0.0770. The number of hydrogen-bond acceptors (Lipinski definition) is 2. The van der Waals surface area contributed by atoms with Gasteiger partial charge < -0.3 is 0 Å². The Morgan fingerprint density at radius 1 is 0.415 bits per heavy atom. The van der Waals surface area contributed by atoms with Gasteiger partial charge in [-0.1, -0.05) is 118 Å². The van der Waals surface area contributed by atoms with Crippen LogP contribution < -0.4 is 0 Å². The van der Waals surface area contributed by atoms with Crippen molar-refractivity contribution < 1.29 is 16.5 Å². The van der Waals surface area contributed by atoms with E-state index in [0.717, 1.165) is 56.3 Å². The van der Waals surface area contributed by atoms with Gasteiger partial charge in [-0.2, -0.15) is 0 Å². The SMILES string of the molecule is CCCCCCCCC(=Nc1cc(CCC)cc(CCC)c1)C(CCCC)=Nc1cc(CCC)cc(CCC)c1.[Ni]. The van der Waals surface area contributed by atoms with Crippen LogP contribution in [0.4, 0.5) is 11.4 Å². The molecule has 3 heteroatoms. The van der Waals surface area contributed by atoms with Gasteiger partial charge in [-0.05, 0) is 97.9 Å². The Balaban J connectivity index is 0.00000840. The smallest absolute Gasteiger partial charge is 0.0639 e. The Kier molecular flexibility index (Phi) is 20.8. The summed E-state index contributed by atoms with van der Waals surface area (Å²) in [6.45, 7) is 13.7. The van der Waals surface area contributed by atoms with Crippen molar-refractivity contribution in [1.82, 2.24) is 0 Å². The Morgan fingerprint density at radius 3 is 1.12 bits per heavy atom. The molecule has 0 spiro atoms. The van der Waals surface area contributed by atoms with E-state index in [1.807, 2.05) is 0 Å². The summed E-state index contributed by atoms with van der Waals surface area (Å²) in [5.41, 5.74) is 10.4. The number of aliphatic imine (C=N–C) groups is 2. The van der Waals surface area contributed by atoms with Gasteiger partial charge in [0.25, 0.3) is 0 Å². The molecule has 0 bridgehead atoms. The summed E-state index contributed by atoms with van der Waals surface area (Å²) in [7, 11) is 0. The minimum Gasteiger partial charge on any atom is -0.252 e. The van der Waals surface area contributed by atoms with Crippen molar-refractivity contribution in [3.05, 3.63) is 58.7 Å². The van der Waals surface area contributed by atoms with Crippen LogP contribution >= 0.6 is 0 Å². The van der Waals surface area contributed by atoms with Crippen LogP contribution in [0.15, 0.2) is 46.4 Å². The fraction of sp³-hybridized carbons (Fsp3) is 0.632. The van der Waals surface area contributed by atoms with Gasteiger partial charge in [0.05, 0.1) is 22.8 Å². The van der Waals surface area contributed by atoms with Crippen molar-refractivity contribution in [3.63, 3.8) is 0 Å². The maximum absolute atomic E-state index is 5.43. The van der Waals surface area contributed by atoms with E-state index in [0.29, 0.717) is 0 Å². The summed E-state index contributed by atoms with van der Waals surface area (Å²) < 4.78 is 0. The monoisotopic (exact) mass is 602 g/mol. The van der Waals surface area contributed by atoms with Crippen LogP contribution in [0.1, 0.15) is 154 Å². The molecule has 0 fully saturated rings. The number of benzene rings is 2. The van der Waals surface area contributed by atoms with Gasteiger partial charge in [-0.25, -0.2) is 0 Å². The van der Waals surface area contributed by atoms with E-state index in [4.69, 9.17) is 9.98 Å². The van der Waals surface area contributed by atoms with Crippen LogP contribution in [-0.4, -0.2) is 11.4 Å². The summed E-state index contributed by atoms with van der Waals surface area (Å²) in [6.07, 6.45) is 21.3. The van der Waals surface area contributed by atoms with Gasteiger partial charge in [0, 0.05) is 16.5 Å². The minimum absolute atomic E-state index is 0. The predicted octanol–water partition coefficient (Wildman–Crippen LogP) is 12.3. The van der Waals surface area contributed by atoms with Crippen molar-refractivity contribution in [2.45, 2.75) is 157 Å². The molecule has 232 valence electrons. The third-order valence-electron chi connectivity index (χ3n) is 7.62. The summed E-state index contributed by atoms with van der Waals surface area (Å²) in [6, 6.07) is 14.1. The van der Waals surface area contributed by atoms with E-state index < -0.39 is 0 Å². The van der Waals surface area contributed by atoms with Gasteiger partial charge in [-0.15, -0.1) is 0 Å². The summed E-state index contributed by atoms with van der Waals surface area (Å²) >= 11 is 0. The first-order valence-electron chi connectivity index (χ1n) is 17.0. The second kappa shape index (κ2) is 22.8. The molecule has 0 radical (unpaired) electrons. The molecule has 0 N–H and O–H groups in total. The molecule has 41 heavy (non-hydrogen) atoms. The molecule has 0 aliphatic heterocycles. The summed E-state index contributed by atoms with van der Waals surface area (Å²) in [5, 5.41) is 0. The number of nitrogens with zero attached hydrogens (tertiary/aromatic N) is 2. The second-order valence-electron chi connectivity index (χ2n) is 11.8. The van der Waals surface area contributed by atoms with Crippen molar-refractivity contribution in [2.75, 3.05) is 0 Å². The maximum Gasteiger partial charge on any atom is 0.0639 e. The van der Waals surface area contributed by atoms with Gasteiger partial charge >= 0.3 is 0 Å². The summed E-state index contributed by atoms with van der Waals surface area (Å²) in [5.74, 6) is 0. The fourth-order valence-electron chi connectivity index (χ4n) is 5.61. The van der Waals surface area contributed by atoms with Crippen LogP contribution in [0.3, 0.4) is 0 Å². The van der Waals surface area contributed by atoms with Crippen molar-refractivity contribution in [3.8, 4) is 0 Å². The zero-order valence-corrected chi connectivity index (χ0v) is 28.4. The average molecular weight is 604 g/mol. The largest absolute Gasteiger partial charge is 0.252 e. The summed E-state index contributed by atoms with van der Waals surface area (Å²) in [4.78, 5) is 10.8. The van der Waals surface area contributed by atoms with E-state index in [2.05, 4.69) is 77.9 Å². The predicted molar refractivity (Wildman–Crippen MR) is 181 cm³/mol. The zero-order chi connectivity index (χ0) is 29.0. The molecule has 2 aromatic rings. The molecule has 2 aromatic carbocycles. The van der Waals surface area contributed by atoms with Crippen molar-refractivity contribution >= 4 is 22.8 Å². The molecule has 0 saturated carbocycles. The molecule has 0 amide bonds. The normalized spacial score (nSPS) is 12.0. The van der Waals surface area contributed by atoms with Crippen LogP contribution in [0, 0.1) is 0 Å². The third-order valence-corrected chi connectivity index (χ3v) is 7.62. The van der Waals surface area contributed by atoms with Gasteiger partial charge in [0.15, 0.2) is 0 Å². The number of hydrogen-bond donors (Lipinski definition) is 0. The topological polar surface area (TPSA) is 24.7 Å². The standard InChI is InChI=1S/C38H60N2.Ni/c1-7-13-15-16-17-18-24-38(40-36-29-33(21-11-5)26-34(30-36)22-12-6)37(23-14-8-2)39-35-27-31(19-9-3)25-32(28-35)20-10-4;/h25-30H,7-24H2,1-6H3;. The first kappa shape index (κ1) is 37.3. The van der Waals surface area contributed by atoms with Gasteiger partial charge in [0.1, 0.15) is 0 Å². The number of unbranched alkanes of at least 4 members (excludes halogenated alkanes) is 6. The molecule has 0 aliphatic rings. The Bertz CT molecular complexity index is 988. The Morgan fingerprint density at radius 2 is 0.756 bits per heavy atom. The molecular formula is C38H60N2Ni. The Labute approximate surface area is 264 Å². The van der Waals surface area contributed by atoms with Gasteiger partial charge in [-0.3, -0.25) is 9.98 Å². The zero-order valence-electron chi connectivity index (χ0n) is 27.4. The van der Waals surface area contributed by atoms with Crippen molar-refractivity contribution in [1.29, 1.82) is 0 Å². The molecule has 2 nitrogen and oxygen atoms in total. The molecule has 0 heterocycles. The van der Waals surface area contributed by atoms with E-state index in [1.54, 1.807) is 0 Å². The van der Waals surface area contributed by atoms with E-state index >= 15 is 0 Å². The first-order valence-corrected chi connectivity index (χ1v) is 17.0. The van der Waals surface area contributed by atoms with E-state index in [9.17, 15) is 0 Å². The molecule has 2 rings (SSSR count). The minimum atomic E-state index is 0. The van der Waals surface area contributed by atoms with Crippen LogP contribution in [0.5, 0.6) is 0 Å². The average Bonchev–Trinajstić information content (AvgIpc) is 2.93. The van der Waals surface area contributed by atoms with E-state index in [-0.39, 0.29) is 16.5 Å².